The Morgan fingerprint density at radius 3 is 3.00 bits per heavy atom. The highest BCUT2D eigenvalue weighted by Crippen LogP contribution is 2.07. The Morgan fingerprint density at radius 2 is 2.40 bits per heavy atom. The number of nitrogens with one attached hydrogen (secondary N) is 2. The molecular formula is C11H20N4. The lowest BCUT2D eigenvalue weighted by atomic mass is 10.00. The standard InChI is InChI=1S/C11H20N4/c1-4-5-9(2)10(3)12-7-6-11-13-8-14-15-11/h4,8-10,12H,1,5-7H2,2-3H3,(H,13,14,15). The number of allylic oxidation sites excluding steroid dienone is 1. The summed E-state index contributed by atoms with van der Waals surface area (Å²) in [5.41, 5.74) is 0. The molecule has 0 bridgehead atoms. The average Bonchev–Trinajstić information content (AvgIpc) is 2.71. The lowest BCUT2D eigenvalue weighted by Crippen LogP contribution is -2.33. The minimum Gasteiger partial charge on any atom is -0.314 e. The Morgan fingerprint density at radius 1 is 1.60 bits per heavy atom. The largest absolute Gasteiger partial charge is 0.314 e. The van der Waals surface area contributed by atoms with Crippen LogP contribution >= 0.6 is 0 Å². The van der Waals surface area contributed by atoms with Gasteiger partial charge in [-0.2, -0.15) is 5.10 Å². The van der Waals surface area contributed by atoms with E-state index in [2.05, 4.69) is 40.9 Å². The van der Waals surface area contributed by atoms with Crippen LogP contribution in [0.1, 0.15) is 26.1 Å². The van der Waals surface area contributed by atoms with E-state index in [1.54, 1.807) is 6.33 Å². The first kappa shape index (κ1) is 11.9. The molecule has 0 saturated carbocycles. The molecule has 2 N–H and O–H groups in total. The minimum atomic E-state index is 0.505. The van der Waals surface area contributed by atoms with E-state index >= 15 is 0 Å². The summed E-state index contributed by atoms with van der Waals surface area (Å²) in [6.45, 7) is 9.11. The predicted molar refractivity (Wildman–Crippen MR) is 61.5 cm³/mol. The van der Waals surface area contributed by atoms with E-state index in [9.17, 15) is 0 Å². The highest BCUT2D eigenvalue weighted by atomic mass is 15.2. The van der Waals surface area contributed by atoms with Gasteiger partial charge in [-0.05, 0) is 19.3 Å². The molecule has 0 amide bonds. The summed E-state index contributed by atoms with van der Waals surface area (Å²) < 4.78 is 0. The van der Waals surface area contributed by atoms with Crippen molar-refractivity contribution in [2.75, 3.05) is 6.54 Å². The molecule has 0 spiro atoms. The SMILES string of the molecule is C=CCC(C)C(C)NCCc1ncn[nH]1. The van der Waals surface area contributed by atoms with Crippen LogP contribution in [0, 0.1) is 5.92 Å². The van der Waals surface area contributed by atoms with Crippen LogP contribution in [0.5, 0.6) is 0 Å². The van der Waals surface area contributed by atoms with Crippen LogP contribution in [0.2, 0.25) is 0 Å². The maximum Gasteiger partial charge on any atom is 0.137 e. The fourth-order valence-corrected chi connectivity index (χ4v) is 1.44. The Balaban J connectivity index is 2.16. The van der Waals surface area contributed by atoms with Gasteiger partial charge in [0.2, 0.25) is 0 Å². The highest BCUT2D eigenvalue weighted by Gasteiger charge is 2.09. The molecule has 84 valence electrons. The molecule has 0 saturated heterocycles. The van der Waals surface area contributed by atoms with E-state index < -0.39 is 0 Å². The van der Waals surface area contributed by atoms with Crippen LogP contribution in [0.25, 0.3) is 0 Å². The molecule has 0 aliphatic rings. The smallest absolute Gasteiger partial charge is 0.137 e. The van der Waals surface area contributed by atoms with Gasteiger partial charge in [-0.15, -0.1) is 6.58 Å². The van der Waals surface area contributed by atoms with Crippen molar-refractivity contribution >= 4 is 0 Å². The maximum atomic E-state index is 4.07. The van der Waals surface area contributed by atoms with E-state index in [1.807, 2.05) is 6.08 Å². The third-order valence-corrected chi connectivity index (χ3v) is 2.69. The number of hydrogen-bond acceptors (Lipinski definition) is 3. The van der Waals surface area contributed by atoms with Crippen molar-refractivity contribution in [3.05, 3.63) is 24.8 Å². The molecule has 2 unspecified atom stereocenters. The first-order valence-electron chi connectivity index (χ1n) is 5.42. The van der Waals surface area contributed by atoms with Gasteiger partial charge in [-0.25, -0.2) is 4.98 Å². The molecular weight excluding hydrogens is 188 g/mol. The maximum absolute atomic E-state index is 4.07. The van der Waals surface area contributed by atoms with Crippen LogP contribution < -0.4 is 5.32 Å². The lowest BCUT2D eigenvalue weighted by Gasteiger charge is -2.19. The fourth-order valence-electron chi connectivity index (χ4n) is 1.44. The summed E-state index contributed by atoms with van der Waals surface area (Å²) in [6.07, 6.45) is 5.46. The zero-order chi connectivity index (χ0) is 11.1. The average molecular weight is 208 g/mol. The number of rotatable bonds is 7. The van der Waals surface area contributed by atoms with Crippen LogP contribution in [0.15, 0.2) is 19.0 Å². The van der Waals surface area contributed by atoms with Crippen molar-refractivity contribution in [1.29, 1.82) is 0 Å². The summed E-state index contributed by atoms with van der Waals surface area (Å²) in [5.74, 6) is 1.56. The van der Waals surface area contributed by atoms with Crippen molar-refractivity contribution in [2.24, 2.45) is 5.92 Å². The number of aromatic nitrogens is 3. The molecule has 0 radical (unpaired) electrons. The Kier molecular flexibility index (Phi) is 5.04. The first-order valence-corrected chi connectivity index (χ1v) is 5.42. The Hall–Kier alpha value is -1.16. The summed E-state index contributed by atoms with van der Waals surface area (Å²) in [6, 6.07) is 0.505. The topological polar surface area (TPSA) is 53.6 Å². The number of aromatic amines is 1. The zero-order valence-electron chi connectivity index (χ0n) is 9.53. The van der Waals surface area contributed by atoms with Crippen molar-refractivity contribution in [1.82, 2.24) is 20.5 Å². The monoisotopic (exact) mass is 208 g/mol. The van der Waals surface area contributed by atoms with Gasteiger partial charge in [0, 0.05) is 19.0 Å². The number of hydrogen-bond donors (Lipinski definition) is 2. The molecule has 0 aliphatic heterocycles. The molecule has 15 heavy (non-hydrogen) atoms. The quantitative estimate of drug-likeness (QED) is 0.668. The number of nitrogens with zero attached hydrogens (tertiary/aromatic N) is 2. The second-order valence-electron chi connectivity index (χ2n) is 3.93. The molecule has 2 atom stereocenters. The van der Waals surface area contributed by atoms with Gasteiger partial charge in [0.15, 0.2) is 0 Å². The second-order valence-corrected chi connectivity index (χ2v) is 3.93. The van der Waals surface area contributed by atoms with Crippen molar-refractivity contribution in [3.8, 4) is 0 Å². The van der Waals surface area contributed by atoms with E-state index in [0.29, 0.717) is 12.0 Å². The summed E-state index contributed by atoms with van der Waals surface area (Å²) in [5, 5.41) is 10.1. The van der Waals surface area contributed by atoms with E-state index in [4.69, 9.17) is 0 Å². The first-order chi connectivity index (χ1) is 7.24. The van der Waals surface area contributed by atoms with E-state index in [1.165, 1.54) is 0 Å². The predicted octanol–water partition coefficient (Wildman–Crippen LogP) is 1.54. The van der Waals surface area contributed by atoms with Gasteiger partial charge in [0.25, 0.3) is 0 Å². The van der Waals surface area contributed by atoms with Gasteiger partial charge in [0.05, 0.1) is 0 Å². The lowest BCUT2D eigenvalue weighted by molar-refractivity contribution is 0.404. The number of H-pyrrole nitrogens is 1. The molecule has 4 nitrogen and oxygen atoms in total. The van der Waals surface area contributed by atoms with Crippen LogP contribution in [0.3, 0.4) is 0 Å². The van der Waals surface area contributed by atoms with Crippen LogP contribution in [0.4, 0.5) is 0 Å². The van der Waals surface area contributed by atoms with E-state index in [0.717, 1.165) is 25.2 Å². The van der Waals surface area contributed by atoms with Crippen LogP contribution in [-0.2, 0) is 6.42 Å². The molecule has 1 aromatic rings. The molecule has 4 heteroatoms. The van der Waals surface area contributed by atoms with Gasteiger partial charge >= 0.3 is 0 Å². The molecule has 0 aliphatic carbocycles. The minimum absolute atomic E-state index is 0.505. The highest BCUT2D eigenvalue weighted by molar-refractivity contribution is 4.82. The summed E-state index contributed by atoms with van der Waals surface area (Å²) in [7, 11) is 0. The molecule has 0 aromatic carbocycles. The summed E-state index contributed by atoms with van der Waals surface area (Å²) >= 11 is 0. The van der Waals surface area contributed by atoms with Gasteiger partial charge in [0.1, 0.15) is 12.2 Å². The van der Waals surface area contributed by atoms with Crippen molar-refractivity contribution in [3.63, 3.8) is 0 Å². The van der Waals surface area contributed by atoms with Gasteiger partial charge < -0.3 is 5.32 Å². The Labute approximate surface area is 91.2 Å². The van der Waals surface area contributed by atoms with Gasteiger partial charge in [-0.1, -0.05) is 13.0 Å². The third kappa shape index (κ3) is 4.25. The van der Waals surface area contributed by atoms with Crippen molar-refractivity contribution < 1.29 is 0 Å². The zero-order valence-corrected chi connectivity index (χ0v) is 9.53. The third-order valence-electron chi connectivity index (χ3n) is 2.69. The summed E-state index contributed by atoms with van der Waals surface area (Å²) in [4.78, 5) is 4.07. The molecule has 1 rings (SSSR count). The van der Waals surface area contributed by atoms with Crippen molar-refractivity contribution in [2.45, 2.75) is 32.7 Å². The fraction of sp³-hybridized carbons (Fsp3) is 0.636. The van der Waals surface area contributed by atoms with Gasteiger partial charge in [-0.3, -0.25) is 5.10 Å². The molecule has 1 heterocycles. The van der Waals surface area contributed by atoms with E-state index in [-0.39, 0.29) is 0 Å². The Bertz CT molecular complexity index is 268. The second kappa shape index (κ2) is 6.35. The van der Waals surface area contributed by atoms with Crippen LogP contribution in [-0.4, -0.2) is 27.8 Å². The molecule has 0 fully saturated rings. The molecule has 1 aromatic heterocycles. The normalized spacial score (nSPS) is 14.8.